The normalized spacial score (nSPS) is 24.0. The van der Waals surface area contributed by atoms with Crippen LogP contribution >= 0.6 is 0 Å². The molecule has 1 aromatic carbocycles. The Bertz CT molecular complexity index is 1390. The highest BCUT2D eigenvalue weighted by Gasteiger charge is 2.48. The number of allylic oxidation sites excluding steroid dienone is 3. The molecule has 46 heavy (non-hydrogen) atoms. The molecule has 2 aliphatic carbocycles. The van der Waals surface area contributed by atoms with Gasteiger partial charge in [-0.2, -0.15) is 13.2 Å². The molecule has 0 aromatic heterocycles. The number of amides is 1. The van der Waals surface area contributed by atoms with Crippen molar-refractivity contribution in [1.29, 1.82) is 0 Å². The lowest BCUT2D eigenvalue weighted by atomic mass is 9.70. The Hall–Kier alpha value is -3.47. The second-order valence-electron chi connectivity index (χ2n) is 13.3. The van der Waals surface area contributed by atoms with E-state index in [1.807, 2.05) is 23.6 Å². The van der Waals surface area contributed by atoms with E-state index >= 15 is 0 Å². The van der Waals surface area contributed by atoms with Gasteiger partial charge in [0.05, 0.1) is 23.6 Å². The number of carbonyl (C=O) groups excluding carboxylic acids is 4. The lowest BCUT2D eigenvalue weighted by Gasteiger charge is -2.42. The molecule has 0 saturated carbocycles. The minimum Gasteiger partial charge on any atom is -0.418 e. The van der Waals surface area contributed by atoms with E-state index in [1.54, 1.807) is 24.3 Å². The Labute approximate surface area is 268 Å². The number of rotatable bonds is 9. The number of Topliss-reactive ketones (excluding diaryl/α,β-unsaturated/α-hetero) is 2. The molecule has 2 N–H and O–H groups in total. The average Bonchev–Trinajstić information content (AvgIpc) is 3.06. The molecule has 1 aromatic rings. The van der Waals surface area contributed by atoms with E-state index in [1.165, 1.54) is 12.2 Å². The fourth-order valence-corrected chi connectivity index (χ4v) is 7.40. The number of carbonyl (C=O) groups is 4. The number of hydrogen-bond acceptors (Lipinski definition) is 7. The Kier molecular flexibility index (Phi) is 10.4. The van der Waals surface area contributed by atoms with Crippen LogP contribution in [0.4, 0.5) is 13.2 Å². The standard InChI is InChI=1S/C35H44F3N3O5/c1-3-21(2)29(39)33(44)41-19-15-23(16-20-41)8-6-7-22-13-17-40(18-14-22)30-27(46-34(45)35(36,37)38)12-11-26-28(30)32(43)25-10-5-4-9-24(25)31(26)42/h4-5,9-12,21-23,26,28-29H,3,6-8,13-20,39H2,1-2H3/t21-,26?,28?,29+/m1/s1. The van der Waals surface area contributed by atoms with Crippen molar-refractivity contribution in [2.45, 2.75) is 77.4 Å². The van der Waals surface area contributed by atoms with Crippen molar-refractivity contribution in [3.05, 3.63) is 59.0 Å². The monoisotopic (exact) mass is 643 g/mol. The van der Waals surface area contributed by atoms with E-state index in [4.69, 9.17) is 10.5 Å². The Balaban J connectivity index is 1.19. The topological polar surface area (TPSA) is 110 Å². The van der Waals surface area contributed by atoms with Crippen LogP contribution in [0, 0.1) is 29.6 Å². The number of halogens is 3. The first kappa shape index (κ1) is 33.9. The van der Waals surface area contributed by atoms with Gasteiger partial charge in [0.25, 0.3) is 0 Å². The fourth-order valence-electron chi connectivity index (χ4n) is 7.40. The Morgan fingerprint density at radius 3 is 2.09 bits per heavy atom. The van der Waals surface area contributed by atoms with Crippen molar-refractivity contribution >= 4 is 23.4 Å². The van der Waals surface area contributed by atoms with Crippen molar-refractivity contribution in [3.8, 4) is 0 Å². The maximum Gasteiger partial charge on any atom is 0.491 e. The number of hydrogen-bond donors (Lipinski definition) is 1. The zero-order valence-electron chi connectivity index (χ0n) is 26.6. The quantitative estimate of drug-likeness (QED) is 0.345. The zero-order chi connectivity index (χ0) is 33.2. The van der Waals surface area contributed by atoms with Gasteiger partial charge >= 0.3 is 12.1 Å². The number of likely N-dealkylation sites (tertiary alicyclic amines) is 2. The molecule has 250 valence electrons. The highest BCUT2D eigenvalue weighted by molar-refractivity contribution is 6.17. The van der Waals surface area contributed by atoms with Gasteiger partial charge in [-0.25, -0.2) is 4.79 Å². The van der Waals surface area contributed by atoms with Gasteiger partial charge < -0.3 is 20.3 Å². The second kappa shape index (κ2) is 14.1. The number of fused-ring (bicyclic) bond motifs is 2. The first-order chi connectivity index (χ1) is 21.9. The molecule has 2 saturated heterocycles. The largest absolute Gasteiger partial charge is 0.491 e. The SMILES string of the molecule is CC[C@@H](C)[C@H](N)C(=O)N1CCC(CCCC2CCN(C3=C(OC(=O)C(F)(F)F)C=CC4C(=O)c5ccccc5C(=O)C34)CC2)CC1. The van der Waals surface area contributed by atoms with Gasteiger partial charge in [-0.1, -0.05) is 69.9 Å². The third-order valence-corrected chi connectivity index (χ3v) is 10.5. The van der Waals surface area contributed by atoms with Gasteiger partial charge in [-0.3, -0.25) is 14.4 Å². The summed E-state index contributed by atoms with van der Waals surface area (Å²) in [6.45, 7) is 6.49. The molecule has 4 atom stereocenters. The summed E-state index contributed by atoms with van der Waals surface area (Å²) in [5, 5.41) is 0. The first-order valence-electron chi connectivity index (χ1n) is 16.6. The number of nitrogens with zero attached hydrogens (tertiary/aromatic N) is 2. The number of benzene rings is 1. The lowest BCUT2D eigenvalue weighted by Crippen LogP contribution is -2.49. The van der Waals surface area contributed by atoms with Gasteiger partial charge in [0.1, 0.15) is 0 Å². The average molecular weight is 644 g/mol. The minimum atomic E-state index is -5.21. The molecule has 2 heterocycles. The van der Waals surface area contributed by atoms with Crippen LogP contribution in [0.3, 0.4) is 0 Å². The van der Waals surface area contributed by atoms with Crippen molar-refractivity contribution in [2.75, 3.05) is 26.2 Å². The summed E-state index contributed by atoms with van der Waals surface area (Å²) in [4.78, 5) is 55.5. The van der Waals surface area contributed by atoms with Gasteiger partial charge in [0.15, 0.2) is 17.3 Å². The molecule has 0 spiro atoms. The lowest BCUT2D eigenvalue weighted by molar-refractivity contribution is -0.195. The second-order valence-corrected chi connectivity index (χ2v) is 13.3. The van der Waals surface area contributed by atoms with Crippen molar-refractivity contribution < 1.29 is 37.1 Å². The van der Waals surface area contributed by atoms with Crippen molar-refractivity contribution in [1.82, 2.24) is 9.80 Å². The van der Waals surface area contributed by atoms with Gasteiger partial charge in [0, 0.05) is 37.3 Å². The van der Waals surface area contributed by atoms with Crippen LogP contribution in [0.15, 0.2) is 47.9 Å². The number of ether oxygens (including phenoxy) is 1. The summed E-state index contributed by atoms with van der Waals surface area (Å²) in [7, 11) is 0. The molecule has 2 aliphatic heterocycles. The van der Waals surface area contributed by atoms with Crippen LogP contribution in [0.1, 0.15) is 85.9 Å². The number of alkyl halides is 3. The van der Waals surface area contributed by atoms with Crippen LogP contribution in [0.2, 0.25) is 0 Å². The number of piperidine rings is 2. The van der Waals surface area contributed by atoms with E-state index in [0.717, 1.165) is 64.5 Å². The maximum absolute atomic E-state index is 13.7. The number of ketones is 2. The third-order valence-electron chi connectivity index (χ3n) is 10.5. The minimum absolute atomic E-state index is 0.0503. The summed E-state index contributed by atoms with van der Waals surface area (Å²) in [6.07, 6.45) is 4.90. The van der Waals surface area contributed by atoms with Crippen molar-refractivity contribution in [2.24, 2.45) is 35.3 Å². The molecule has 1 amide bonds. The van der Waals surface area contributed by atoms with Gasteiger partial charge in [-0.05, 0) is 49.5 Å². The van der Waals surface area contributed by atoms with Crippen LogP contribution in [-0.2, 0) is 14.3 Å². The summed E-state index contributed by atoms with van der Waals surface area (Å²) in [5.74, 6) is -4.08. The van der Waals surface area contributed by atoms with E-state index in [-0.39, 0.29) is 40.4 Å². The van der Waals surface area contributed by atoms with E-state index < -0.39 is 30.0 Å². The van der Waals surface area contributed by atoms with Crippen LogP contribution in [-0.4, -0.2) is 71.6 Å². The number of nitrogens with two attached hydrogens (primary N) is 1. The molecule has 4 aliphatic rings. The van der Waals surface area contributed by atoms with E-state index in [0.29, 0.717) is 30.5 Å². The smallest absolute Gasteiger partial charge is 0.418 e. The molecule has 2 fully saturated rings. The highest BCUT2D eigenvalue weighted by Crippen LogP contribution is 2.43. The highest BCUT2D eigenvalue weighted by atomic mass is 19.4. The predicted octanol–water partition coefficient (Wildman–Crippen LogP) is 5.68. The summed E-state index contributed by atoms with van der Waals surface area (Å²) >= 11 is 0. The third kappa shape index (κ3) is 7.09. The molecular weight excluding hydrogens is 599 g/mol. The van der Waals surface area contributed by atoms with E-state index in [9.17, 15) is 32.3 Å². The maximum atomic E-state index is 13.7. The molecule has 0 bridgehead atoms. The molecule has 5 rings (SSSR count). The summed E-state index contributed by atoms with van der Waals surface area (Å²) in [6, 6.07) is 6.01. The van der Waals surface area contributed by atoms with Crippen LogP contribution in [0.25, 0.3) is 0 Å². The molecule has 11 heteroatoms. The Morgan fingerprint density at radius 1 is 0.957 bits per heavy atom. The first-order valence-corrected chi connectivity index (χ1v) is 16.6. The zero-order valence-corrected chi connectivity index (χ0v) is 26.6. The van der Waals surface area contributed by atoms with Gasteiger partial charge in [0.2, 0.25) is 5.91 Å². The summed E-state index contributed by atoms with van der Waals surface area (Å²) in [5.41, 5.74) is 6.87. The Morgan fingerprint density at radius 2 is 1.52 bits per heavy atom. The fraction of sp³-hybridized carbons (Fsp3) is 0.600. The molecule has 8 nitrogen and oxygen atoms in total. The van der Waals surface area contributed by atoms with E-state index in [2.05, 4.69) is 0 Å². The summed E-state index contributed by atoms with van der Waals surface area (Å²) < 4.78 is 44.4. The molecular formula is C35H44F3N3O5. The van der Waals surface area contributed by atoms with Crippen LogP contribution in [0.5, 0.6) is 0 Å². The predicted molar refractivity (Wildman–Crippen MR) is 165 cm³/mol. The molecule has 0 radical (unpaired) electrons. The molecule has 2 unspecified atom stereocenters. The number of esters is 1. The van der Waals surface area contributed by atoms with Gasteiger partial charge in [-0.15, -0.1) is 0 Å². The van der Waals surface area contributed by atoms with Crippen molar-refractivity contribution in [3.63, 3.8) is 0 Å². The van der Waals surface area contributed by atoms with Crippen LogP contribution < -0.4 is 5.73 Å².